The van der Waals surface area contributed by atoms with Gasteiger partial charge in [0.05, 0.1) is 5.60 Å². The van der Waals surface area contributed by atoms with Crippen LogP contribution in [0.5, 0.6) is 0 Å². The van der Waals surface area contributed by atoms with Crippen LogP contribution in [0.25, 0.3) is 11.1 Å². The maximum Gasteiger partial charge on any atom is 0.0598 e. The molecular weight excluding hydrogens is 400 g/mol. The number of hydrogen-bond acceptors (Lipinski definition) is 1. The number of hydrogen-bond donors (Lipinski definition) is 0. The van der Waals surface area contributed by atoms with Gasteiger partial charge in [0, 0.05) is 6.61 Å². The molecule has 0 N–H and O–H groups in total. The van der Waals surface area contributed by atoms with Crippen LogP contribution in [-0.4, -0.2) is 12.2 Å². The Morgan fingerprint density at radius 3 is 2.39 bits per heavy atom. The zero-order valence-electron chi connectivity index (χ0n) is 21.6. The minimum absolute atomic E-state index is 0.0132. The Balaban J connectivity index is 1.23. The van der Waals surface area contributed by atoms with E-state index in [1.807, 2.05) is 0 Å². The summed E-state index contributed by atoms with van der Waals surface area (Å²) in [6.07, 6.45) is 13.8. The van der Waals surface area contributed by atoms with Crippen molar-refractivity contribution in [2.45, 2.75) is 103 Å². The van der Waals surface area contributed by atoms with Crippen LogP contribution in [0.4, 0.5) is 0 Å². The summed E-state index contributed by atoms with van der Waals surface area (Å²) in [6.45, 7) is 9.86. The summed E-state index contributed by atoms with van der Waals surface area (Å²) < 4.78 is 5.85. The Morgan fingerprint density at radius 1 is 0.848 bits per heavy atom. The number of unbranched alkanes of at least 4 members (excludes halogenated alkanes) is 3. The molecule has 0 amide bonds. The van der Waals surface area contributed by atoms with Crippen LogP contribution in [0.1, 0.15) is 103 Å². The highest BCUT2D eigenvalue weighted by atomic mass is 16.5. The zero-order chi connectivity index (χ0) is 23.3. The van der Waals surface area contributed by atoms with Crippen molar-refractivity contribution in [3.8, 4) is 11.1 Å². The minimum atomic E-state index is 0.0132. The summed E-state index contributed by atoms with van der Waals surface area (Å²) >= 11 is 0. The van der Waals surface area contributed by atoms with Crippen molar-refractivity contribution in [2.75, 3.05) is 6.61 Å². The monoisotopic (exact) mass is 446 g/mol. The maximum atomic E-state index is 5.85. The smallest absolute Gasteiger partial charge is 0.0598 e. The Bertz CT molecular complexity index is 862. The van der Waals surface area contributed by atoms with Crippen molar-refractivity contribution in [3.05, 3.63) is 59.7 Å². The number of rotatable bonds is 10. The number of benzene rings is 2. The minimum Gasteiger partial charge on any atom is -0.376 e. The highest BCUT2D eigenvalue weighted by molar-refractivity contribution is 5.70. The van der Waals surface area contributed by atoms with Gasteiger partial charge in [-0.25, -0.2) is 0 Å². The highest BCUT2D eigenvalue weighted by Gasteiger charge is 2.35. The van der Waals surface area contributed by atoms with Crippen LogP contribution in [0.3, 0.4) is 0 Å². The van der Waals surface area contributed by atoms with Crippen LogP contribution >= 0.6 is 0 Å². The molecular formula is C32H46O. The van der Waals surface area contributed by atoms with E-state index in [2.05, 4.69) is 76.2 Å². The lowest BCUT2D eigenvalue weighted by atomic mass is 9.83. The maximum absolute atomic E-state index is 5.85. The second-order valence-corrected chi connectivity index (χ2v) is 12.0. The molecule has 1 heteroatoms. The SMILES string of the molecule is CC1Cc2c(-c3ccccc3)cccc2C1CC1CCC(CCCCCCOC(C)(C)C)C1. The van der Waals surface area contributed by atoms with Gasteiger partial charge in [-0.2, -0.15) is 0 Å². The summed E-state index contributed by atoms with van der Waals surface area (Å²) in [6, 6.07) is 18.1. The van der Waals surface area contributed by atoms with E-state index in [-0.39, 0.29) is 5.60 Å². The van der Waals surface area contributed by atoms with Crippen molar-refractivity contribution in [1.29, 1.82) is 0 Å². The molecule has 2 aromatic rings. The first-order valence-corrected chi connectivity index (χ1v) is 13.7. The molecule has 2 aromatic carbocycles. The van der Waals surface area contributed by atoms with Crippen molar-refractivity contribution < 1.29 is 4.74 Å². The van der Waals surface area contributed by atoms with Crippen molar-refractivity contribution in [2.24, 2.45) is 17.8 Å². The molecule has 1 fully saturated rings. The summed E-state index contributed by atoms with van der Waals surface area (Å²) in [7, 11) is 0. The third-order valence-corrected chi connectivity index (χ3v) is 8.19. The number of ether oxygens (including phenoxy) is 1. The molecule has 0 radical (unpaired) electrons. The molecule has 4 rings (SSSR count). The number of fused-ring (bicyclic) bond motifs is 1. The van der Waals surface area contributed by atoms with Gasteiger partial charge in [-0.05, 0) is 92.4 Å². The fourth-order valence-corrected chi connectivity index (χ4v) is 6.48. The van der Waals surface area contributed by atoms with E-state index in [0.29, 0.717) is 0 Å². The van der Waals surface area contributed by atoms with E-state index in [4.69, 9.17) is 4.74 Å². The van der Waals surface area contributed by atoms with Gasteiger partial charge in [-0.15, -0.1) is 0 Å². The fraction of sp³-hybridized carbons (Fsp3) is 0.625. The molecule has 0 spiro atoms. The molecule has 0 aromatic heterocycles. The lowest BCUT2D eigenvalue weighted by Gasteiger charge is -2.21. The van der Waals surface area contributed by atoms with E-state index >= 15 is 0 Å². The summed E-state index contributed by atoms with van der Waals surface area (Å²) in [4.78, 5) is 0. The second-order valence-electron chi connectivity index (χ2n) is 12.0. The Morgan fingerprint density at radius 2 is 1.61 bits per heavy atom. The van der Waals surface area contributed by atoms with Crippen molar-refractivity contribution in [3.63, 3.8) is 0 Å². The molecule has 4 unspecified atom stereocenters. The Labute approximate surface area is 203 Å². The summed E-state index contributed by atoms with van der Waals surface area (Å²) in [5.74, 6) is 3.45. The van der Waals surface area contributed by atoms with Crippen molar-refractivity contribution in [1.82, 2.24) is 0 Å². The molecule has 4 atom stereocenters. The van der Waals surface area contributed by atoms with Gasteiger partial charge in [0.25, 0.3) is 0 Å². The third-order valence-electron chi connectivity index (χ3n) is 8.19. The first-order valence-electron chi connectivity index (χ1n) is 13.7. The topological polar surface area (TPSA) is 9.23 Å². The van der Waals surface area contributed by atoms with Gasteiger partial charge >= 0.3 is 0 Å². The van der Waals surface area contributed by atoms with Gasteiger partial charge in [-0.1, -0.05) is 94.0 Å². The highest BCUT2D eigenvalue weighted by Crippen LogP contribution is 2.48. The van der Waals surface area contributed by atoms with Gasteiger partial charge in [0.2, 0.25) is 0 Å². The fourth-order valence-electron chi connectivity index (χ4n) is 6.48. The average molecular weight is 447 g/mol. The predicted octanol–water partition coefficient (Wildman–Crippen LogP) is 9.20. The largest absolute Gasteiger partial charge is 0.376 e. The lowest BCUT2D eigenvalue weighted by molar-refractivity contribution is -0.00476. The molecule has 0 bridgehead atoms. The van der Waals surface area contributed by atoms with E-state index in [1.54, 1.807) is 11.1 Å². The Hall–Kier alpha value is -1.60. The average Bonchev–Trinajstić information content (AvgIpc) is 3.37. The molecule has 0 aliphatic heterocycles. The summed E-state index contributed by atoms with van der Waals surface area (Å²) in [5, 5.41) is 0. The standard InChI is InChI=1S/C32H46O/c1-24-21-31-28(27-14-9-7-10-15-27)16-12-17-29(31)30(24)23-26-19-18-25(22-26)13-8-5-6-11-20-33-32(2,3)4/h7,9-10,12,14-17,24-26,30H,5-6,8,11,13,18-23H2,1-4H3. The van der Waals surface area contributed by atoms with Crippen LogP contribution in [0, 0.1) is 17.8 Å². The molecule has 2 aliphatic carbocycles. The van der Waals surface area contributed by atoms with Gasteiger partial charge in [0.1, 0.15) is 0 Å². The van der Waals surface area contributed by atoms with Gasteiger partial charge in [0.15, 0.2) is 0 Å². The van der Waals surface area contributed by atoms with Crippen LogP contribution in [0.15, 0.2) is 48.5 Å². The third kappa shape index (κ3) is 6.72. The van der Waals surface area contributed by atoms with Gasteiger partial charge in [-0.3, -0.25) is 0 Å². The molecule has 1 nitrogen and oxygen atoms in total. The van der Waals surface area contributed by atoms with Crippen molar-refractivity contribution >= 4 is 0 Å². The first-order chi connectivity index (χ1) is 15.9. The molecule has 0 heterocycles. The lowest BCUT2D eigenvalue weighted by Crippen LogP contribution is -2.19. The van der Waals surface area contributed by atoms with E-state index in [1.165, 1.54) is 75.3 Å². The molecule has 0 saturated heterocycles. The van der Waals surface area contributed by atoms with E-state index in [0.717, 1.165) is 30.3 Å². The second kappa shape index (κ2) is 11.2. The quantitative estimate of drug-likeness (QED) is 0.330. The van der Waals surface area contributed by atoms with Gasteiger partial charge < -0.3 is 4.74 Å². The Kier molecular flexibility index (Phi) is 8.34. The molecule has 1 saturated carbocycles. The van der Waals surface area contributed by atoms with Crippen LogP contribution < -0.4 is 0 Å². The zero-order valence-corrected chi connectivity index (χ0v) is 21.6. The first kappa shape index (κ1) is 24.5. The molecule has 180 valence electrons. The van der Waals surface area contributed by atoms with Crippen LogP contribution in [-0.2, 0) is 11.2 Å². The van der Waals surface area contributed by atoms with E-state index < -0.39 is 0 Å². The normalized spacial score (nSPS) is 24.8. The predicted molar refractivity (Wildman–Crippen MR) is 142 cm³/mol. The van der Waals surface area contributed by atoms with Crippen LogP contribution in [0.2, 0.25) is 0 Å². The molecule has 33 heavy (non-hydrogen) atoms. The summed E-state index contributed by atoms with van der Waals surface area (Å²) in [5.41, 5.74) is 6.16. The van der Waals surface area contributed by atoms with E-state index in [9.17, 15) is 0 Å². The molecule has 2 aliphatic rings.